The Morgan fingerprint density at radius 3 is 2.32 bits per heavy atom. The van der Waals surface area contributed by atoms with Gasteiger partial charge in [-0.15, -0.1) is 0 Å². The van der Waals surface area contributed by atoms with Crippen LogP contribution in [0, 0.1) is 11.6 Å². The van der Waals surface area contributed by atoms with Crippen LogP contribution in [0.25, 0.3) is 10.9 Å². The Bertz CT molecular complexity index is 910. The summed E-state index contributed by atoms with van der Waals surface area (Å²) in [5.74, 6) is -1.90. The van der Waals surface area contributed by atoms with Gasteiger partial charge in [0.1, 0.15) is 17.3 Å². The Kier molecular flexibility index (Phi) is 4.47. The third-order valence-corrected chi connectivity index (χ3v) is 3.83. The van der Waals surface area contributed by atoms with Crippen LogP contribution in [0.4, 0.5) is 8.78 Å². The second-order valence-corrected chi connectivity index (χ2v) is 5.46. The minimum absolute atomic E-state index is 0.0279. The lowest BCUT2D eigenvalue weighted by Gasteiger charge is -2.05. The summed E-state index contributed by atoms with van der Waals surface area (Å²) < 4.78 is 27.3. The van der Waals surface area contributed by atoms with E-state index in [-0.39, 0.29) is 29.0 Å². The lowest BCUT2D eigenvalue weighted by atomic mass is 10.1. The molecule has 0 saturated heterocycles. The van der Waals surface area contributed by atoms with Gasteiger partial charge < -0.3 is 15.6 Å². The van der Waals surface area contributed by atoms with Gasteiger partial charge >= 0.3 is 0 Å². The van der Waals surface area contributed by atoms with Crippen molar-refractivity contribution in [1.29, 1.82) is 0 Å². The lowest BCUT2D eigenvalue weighted by Crippen LogP contribution is -2.23. The molecule has 0 unspecified atom stereocenters. The zero-order chi connectivity index (χ0) is 18.0. The Morgan fingerprint density at radius 1 is 1.00 bits per heavy atom. The van der Waals surface area contributed by atoms with E-state index in [1.165, 1.54) is 6.07 Å². The van der Waals surface area contributed by atoms with E-state index in [1.54, 1.807) is 31.3 Å². The Labute approximate surface area is 142 Å². The number of nitrogens with one attached hydrogen (secondary N) is 3. The summed E-state index contributed by atoms with van der Waals surface area (Å²) in [5, 5.41) is 5.21. The number of carbonyl (C=O) groups is 2. The predicted molar refractivity (Wildman–Crippen MR) is 89.2 cm³/mol. The van der Waals surface area contributed by atoms with Crippen LogP contribution in [-0.2, 0) is 6.54 Å². The summed E-state index contributed by atoms with van der Waals surface area (Å²) in [4.78, 5) is 26.2. The molecular weight excluding hydrogens is 328 g/mol. The molecule has 0 fully saturated rings. The molecule has 3 N–H and O–H groups in total. The zero-order valence-corrected chi connectivity index (χ0v) is 13.3. The summed E-state index contributed by atoms with van der Waals surface area (Å²) in [5.41, 5.74) is 1.33. The quantitative estimate of drug-likeness (QED) is 0.681. The minimum Gasteiger partial charge on any atom is -0.355 e. The smallest absolute Gasteiger partial charge is 0.267 e. The fourth-order valence-corrected chi connectivity index (χ4v) is 2.47. The monoisotopic (exact) mass is 343 g/mol. The summed E-state index contributed by atoms with van der Waals surface area (Å²) in [7, 11) is 1.54. The molecule has 0 saturated carbocycles. The molecule has 0 bridgehead atoms. The van der Waals surface area contributed by atoms with Gasteiger partial charge in [-0.05, 0) is 35.9 Å². The van der Waals surface area contributed by atoms with E-state index in [0.29, 0.717) is 5.56 Å². The van der Waals surface area contributed by atoms with Crippen LogP contribution in [-0.4, -0.2) is 23.8 Å². The first-order chi connectivity index (χ1) is 12.0. The van der Waals surface area contributed by atoms with Gasteiger partial charge in [0, 0.05) is 24.5 Å². The second-order valence-electron chi connectivity index (χ2n) is 5.46. The average molecular weight is 343 g/mol. The number of carbonyl (C=O) groups excluding carboxylic acids is 2. The van der Waals surface area contributed by atoms with Gasteiger partial charge in [-0.2, -0.15) is 0 Å². The average Bonchev–Trinajstić information content (AvgIpc) is 3.09. The van der Waals surface area contributed by atoms with Gasteiger partial charge in [-0.1, -0.05) is 12.1 Å². The molecule has 0 atom stereocenters. The highest BCUT2D eigenvalue weighted by molar-refractivity contribution is 5.98. The van der Waals surface area contributed by atoms with Crippen LogP contribution >= 0.6 is 0 Å². The van der Waals surface area contributed by atoms with Gasteiger partial charge in [-0.25, -0.2) is 8.78 Å². The summed E-state index contributed by atoms with van der Waals surface area (Å²) in [6.07, 6.45) is 0. The maximum atomic E-state index is 13.7. The van der Waals surface area contributed by atoms with Crippen molar-refractivity contribution < 1.29 is 18.4 Å². The van der Waals surface area contributed by atoms with E-state index in [4.69, 9.17) is 0 Å². The number of halogens is 2. The molecule has 1 aromatic heterocycles. The molecule has 3 rings (SSSR count). The molecule has 0 aliphatic rings. The SMILES string of the molecule is CNC(=O)c1ccc(CNC(=O)c2cc3c(F)ccc(F)c3[nH]2)cc1. The summed E-state index contributed by atoms with van der Waals surface area (Å²) in [6, 6.07) is 10.0. The number of hydrogen-bond donors (Lipinski definition) is 3. The number of amides is 2. The van der Waals surface area contributed by atoms with Crippen LogP contribution in [0.3, 0.4) is 0 Å². The number of aromatic amines is 1. The van der Waals surface area contributed by atoms with E-state index >= 15 is 0 Å². The van der Waals surface area contributed by atoms with E-state index in [9.17, 15) is 18.4 Å². The number of rotatable bonds is 4. The predicted octanol–water partition coefficient (Wildman–Crippen LogP) is 2.74. The third-order valence-electron chi connectivity index (χ3n) is 3.83. The highest BCUT2D eigenvalue weighted by Gasteiger charge is 2.14. The van der Waals surface area contributed by atoms with Crippen LogP contribution in [0.15, 0.2) is 42.5 Å². The van der Waals surface area contributed by atoms with Crippen molar-refractivity contribution in [2.45, 2.75) is 6.54 Å². The van der Waals surface area contributed by atoms with Crippen molar-refractivity contribution in [3.8, 4) is 0 Å². The van der Waals surface area contributed by atoms with E-state index < -0.39 is 17.5 Å². The van der Waals surface area contributed by atoms with Crippen molar-refractivity contribution in [2.24, 2.45) is 0 Å². The molecule has 0 aliphatic heterocycles. The molecule has 2 aromatic carbocycles. The maximum Gasteiger partial charge on any atom is 0.267 e. The van der Waals surface area contributed by atoms with Crippen molar-refractivity contribution >= 4 is 22.7 Å². The Hall–Kier alpha value is -3.22. The molecule has 2 amide bonds. The number of H-pyrrole nitrogens is 1. The zero-order valence-electron chi connectivity index (χ0n) is 13.3. The molecule has 7 heteroatoms. The first kappa shape index (κ1) is 16.6. The summed E-state index contributed by atoms with van der Waals surface area (Å²) in [6.45, 7) is 0.215. The molecule has 25 heavy (non-hydrogen) atoms. The molecule has 0 spiro atoms. The first-order valence-electron chi connectivity index (χ1n) is 7.55. The van der Waals surface area contributed by atoms with Crippen molar-refractivity contribution in [3.63, 3.8) is 0 Å². The number of fused-ring (bicyclic) bond motifs is 1. The second kappa shape index (κ2) is 6.72. The molecule has 1 heterocycles. The number of benzene rings is 2. The van der Waals surface area contributed by atoms with Crippen LogP contribution < -0.4 is 10.6 Å². The minimum atomic E-state index is -0.625. The summed E-state index contributed by atoms with van der Waals surface area (Å²) >= 11 is 0. The van der Waals surface area contributed by atoms with Gasteiger partial charge in [0.15, 0.2) is 0 Å². The fourth-order valence-electron chi connectivity index (χ4n) is 2.47. The van der Waals surface area contributed by atoms with E-state index in [1.807, 2.05) is 0 Å². The van der Waals surface area contributed by atoms with Gasteiger partial charge in [-0.3, -0.25) is 9.59 Å². The number of aromatic nitrogens is 1. The Balaban J connectivity index is 1.71. The molecule has 5 nitrogen and oxygen atoms in total. The standard InChI is InChI=1S/C18H15F2N3O2/c1-21-17(24)11-4-2-10(3-5-11)9-22-18(25)15-8-12-13(19)6-7-14(20)16(12)23-15/h2-8,23H,9H2,1H3,(H,21,24)(H,22,25). The third kappa shape index (κ3) is 3.35. The highest BCUT2D eigenvalue weighted by Crippen LogP contribution is 2.21. The molecular formula is C18H15F2N3O2. The van der Waals surface area contributed by atoms with Gasteiger partial charge in [0.2, 0.25) is 0 Å². The van der Waals surface area contributed by atoms with E-state index in [2.05, 4.69) is 15.6 Å². The van der Waals surface area contributed by atoms with Crippen LogP contribution in [0.2, 0.25) is 0 Å². The van der Waals surface area contributed by atoms with Gasteiger partial charge in [0.25, 0.3) is 11.8 Å². The normalized spacial score (nSPS) is 10.7. The lowest BCUT2D eigenvalue weighted by molar-refractivity contribution is 0.0942. The Morgan fingerprint density at radius 2 is 1.68 bits per heavy atom. The first-order valence-corrected chi connectivity index (χ1v) is 7.55. The van der Waals surface area contributed by atoms with Crippen molar-refractivity contribution in [2.75, 3.05) is 7.05 Å². The molecule has 128 valence electrons. The number of hydrogen-bond acceptors (Lipinski definition) is 2. The van der Waals surface area contributed by atoms with Crippen molar-refractivity contribution in [3.05, 3.63) is 70.9 Å². The molecule has 0 aliphatic carbocycles. The topological polar surface area (TPSA) is 74.0 Å². The van der Waals surface area contributed by atoms with Crippen LogP contribution in [0.5, 0.6) is 0 Å². The van der Waals surface area contributed by atoms with Crippen LogP contribution in [0.1, 0.15) is 26.4 Å². The van der Waals surface area contributed by atoms with E-state index in [0.717, 1.165) is 17.7 Å². The van der Waals surface area contributed by atoms with Gasteiger partial charge in [0.05, 0.1) is 5.52 Å². The molecule has 3 aromatic rings. The largest absolute Gasteiger partial charge is 0.355 e. The molecule has 0 radical (unpaired) electrons. The highest BCUT2D eigenvalue weighted by atomic mass is 19.1. The fraction of sp³-hybridized carbons (Fsp3) is 0.111. The maximum absolute atomic E-state index is 13.7. The van der Waals surface area contributed by atoms with Crippen molar-refractivity contribution in [1.82, 2.24) is 15.6 Å².